The highest BCUT2D eigenvalue weighted by Gasteiger charge is 2.28. The topological polar surface area (TPSA) is 47.4 Å². The molecule has 0 spiro atoms. The van der Waals surface area contributed by atoms with Crippen LogP contribution in [0.3, 0.4) is 0 Å². The summed E-state index contributed by atoms with van der Waals surface area (Å²) in [6, 6.07) is 12.1. The molecule has 1 saturated heterocycles. The van der Waals surface area contributed by atoms with Gasteiger partial charge in [0.15, 0.2) is 0 Å². The predicted octanol–water partition coefficient (Wildman–Crippen LogP) is 3.93. The highest BCUT2D eigenvalue weighted by molar-refractivity contribution is 5.95. The Morgan fingerprint density at radius 1 is 1.10 bits per heavy atom. The first kappa shape index (κ1) is 19.3. The SMILES string of the molecule is CCc1c(C(=O)N2CCOC(c3ccc(F)cc3)C2)cnn1-c1ccc(F)cc1. The number of hydrogen-bond acceptors (Lipinski definition) is 3. The van der Waals surface area contributed by atoms with Crippen molar-refractivity contribution in [3.8, 4) is 5.69 Å². The van der Waals surface area contributed by atoms with Crippen LogP contribution in [0.25, 0.3) is 5.69 Å². The average Bonchev–Trinajstić information content (AvgIpc) is 3.18. The minimum atomic E-state index is -0.324. The van der Waals surface area contributed by atoms with E-state index in [1.54, 1.807) is 40.0 Å². The van der Waals surface area contributed by atoms with E-state index in [9.17, 15) is 13.6 Å². The molecular weight excluding hydrogens is 376 g/mol. The van der Waals surface area contributed by atoms with Crippen LogP contribution in [-0.2, 0) is 11.2 Å². The van der Waals surface area contributed by atoms with Crippen LogP contribution < -0.4 is 0 Å². The lowest BCUT2D eigenvalue weighted by Crippen LogP contribution is -2.42. The van der Waals surface area contributed by atoms with Crippen molar-refractivity contribution in [1.29, 1.82) is 0 Å². The van der Waals surface area contributed by atoms with Gasteiger partial charge in [0.1, 0.15) is 17.7 Å². The van der Waals surface area contributed by atoms with Crippen molar-refractivity contribution in [2.45, 2.75) is 19.4 Å². The molecule has 2 aromatic carbocycles. The third kappa shape index (κ3) is 3.91. The van der Waals surface area contributed by atoms with Gasteiger partial charge in [-0.05, 0) is 48.4 Å². The van der Waals surface area contributed by atoms with E-state index in [4.69, 9.17) is 4.74 Å². The largest absolute Gasteiger partial charge is 0.370 e. The number of benzene rings is 2. The summed E-state index contributed by atoms with van der Waals surface area (Å²) in [6.45, 7) is 3.21. The molecule has 0 aliphatic carbocycles. The van der Waals surface area contributed by atoms with Crippen molar-refractivity contribution < 1.29 is 18.3 Å². The molecule has 1 aliphatic rings. The minimum absolute atomic E-state index is 0.120. The Morgan fingerprint density at radius 2 is 1.76 bits per heavy atom. The molecule has 150 valence electrons. The maximum absolute atomic E-state index is 13.2. The van der Waals surface area contributed by atoms with Gasteiger partial charge in [-0.15, -0.1) is 0 Å². The molecule has 7 heteroatoms. The first-order chi connectivity index (χ1) is 14.1. The summed E-state index contributed by atoms with van der Waals surface area (Å²) in [6.07, 6.45) is 1.86. The van der Waals surface area contributed by atoms with Crippen LogP contribution in [-0.4, -0.2) is 40.3 Å². The van der Waals surface area contributed by atoms with Crippen molar-refractivity contribution >= 4 is 5.91 Å². The van der Waals surface area contributed by atoms with Gasteiger partial charge in [-0.1, -0.05) is 19.1 Å². The normalized spacial score (nSPS) is 16.8. The van der Waals surface area contributed by atoms with Crippen LogP contribution in [0.15, 0.2) is 54.7 Å². The van der Waals surface area contributed by atoms with Gasteiger partial charge < -0.3 is 9.64 Å². The second-order valence-corrected chi connectivity index (χ2v) is 6.91. The number of hydrogen-bond donors (Lipinski definition) is 0. The quantitative estimate of drug-likeness (QED) is 0.670. The maximum Gasteiger partial charge on any atom is 0.257 e. The maximum atomic E-state index is 13.2. The molecule has 1 unspecified atom stereocenters. The zero-order chi connectivity index (χ0) is 20.4. The molecule has 4 rings (SSSR count). The molecule has 0 saturated carbocycles. The molecule has 0 bridgehead atoms. The standard InChI is InChI=1S/C22H21F2N3O2/c1-2-20-19(13-25-27(20)18-9-7-17(24)8-10-18)22(28)26-11-12-29-21(14-26)15-3-5-16(23)6-4-15/h3-10,13,21H,2,11-12,14H2,1H3. The second-order valence-electron chi connectivity index (χ2n) is 6.91. The zero-order valence-electron chi connectivity index (χ0n) is 16.0. The van der Waals surface area contributed by atoms with E-state index in [0.717, 1.165) is 11.3 Å². The number of ether oxygens (including phenoxy) is 1. The van der Waals surface area contributed by atoms with E-state index in [1.165, 1.54) is 24.3 Å². The first-order valence-corrected chi connectivity index (χ1v) is 9.56. The van der Waals surface area contributed by atoms with Crippen LogP contribution in [0.2, 0.25) is 0 Å². The monoisotopic (exact) mass is 397 g/mol. The van der Waals surface area contributed by atoms with E-state index in [2.05, 4.69) is 5.10 Å². The Kier molecular flexibility index (Phi) is 5.40. The zero-order valence-corrected chi connectivity index (χ0v) is 16.0. The molecular formula is C22H21F2N3O2. The second kappa shape index (κ2) is 8.13. The van der Waals surface area contributed by atoms with E-state index in [-0.39, 0.29) is 23.6 Å². The van der Waals surface area contributed by atoms with Crippen LogP contribution in [0.4, 0.5) is 8.78 Å². The van der Waals surface area contributed by atoms with Gasteiger partial charge in [-0.2, -0.15) is 5.10 Å². The van der Waals surface area contributed by atoms with Gasteiger partial charge in [0, 0.05) is 6.54 Å². The van der Waals surface area contributed by atoms with Gasteiger partial charge >= 0.3 is 0 Å². The van der Waals surface area contributed by atoms with Gasteiger partial charge in [0.05, 0.1) is 36.3 Å². The third-order valence-electron chi connectivity index (χ3n) is 5.10. The molecule has 1 aromatic heterocycles. The summed E-state index contributed by atoms with van der Waals surface area (Å²) < 4.78 is 33.9. The molecule has 1 aliphatic heterocycles. The van der Waals surface area contributed by atoms with Crippen molar-refractivity contribution in [3.05, 3.63) is 83.2 Å². The predicted molar refractivity (Wildman–Crippen MR) is 104 cm³/mol. The smallest absolute Gasteiger partial charge is 0.257 e. The summed E-state index contributed by atoms with van der Waals surface area (Å²) >= 11 is 0. The fourth-order valence-corrected chi connectivity index (χ4v) is 3.58. The number of amides is 1. The highest BCUT2D eigenvalue weighted by atomic mass is 19.1. The summed E-state index contributed by atoms with van der Waals surface area (Å²) in [7, 11) is 0. The van der Waals surface area contributed by atoms with Gasteiger partial charge in [0.25, 0.3) is 5.91 Å². The van der Waals surface area contributed by atoms with E-state index >= 15 is 0 Å². The van der Waals surface area contributed by atoms with Crippen LogP contribution in [0, 0.1) is 11.6 Å². The lowest BCUT2D eigenvalue weighted by atomic mass is 10.1. The van der Waals surface area contributed by atoms with E-state index in [0.29, 0.717) is 37.4 Å². The molecule has 1 amide bonds. The number of carbonyl (C=O) groups excluding carboxylic acids is 1. The number of rotatable bonds is 4. The van der Waals surface area contributed by atoms with Crippen molar-refractivity contribution in [3.63, 3.8) is 0 Å². The molecule has 0 radical (unpaired) electrons. The molecule has 29 heavy (non-hydrogen) atoms. The Morgan fingerprint density at radius 3 is 2.41 bits per heavy atom. The molecule has 3 aromatic rings. The average molecular weight is 397 g/mol. The fraction of sp³-hybridized carbons (Fsp3) is 0.273. The summed E-state index contributed by atoms with van der Waals surface area (Å²) in [5.74, 6) is -0.751. The van der Waals surface area contributed by atoms with Crippen LogP contribution >= 0.6 is 0 Å². The number of halogens is 2. The number of aromatic nitrogens is 2. The Hall–Kier alpha value is -3.06. The minimum Gasteiger partial charge on any atom is -0.370 e. The first-order valence-electron chi connectivity index (χ1n) is 9.56. The van der Waals surface area contributed by atoms with Gasteiger partial charge in [0.2, 0.25) is 0 Å². The number of nitrogens with zero attached hydrogens (tertiary/aromatic N) is 3. The number of carbonyl (C=O) groups is 1. The molecule has 0 N–H and O–H groups in total. The summed E-state index contributed by atoms with van der Waals surface area (Å²) in [5.41, 5.74) is 2.83. The third-order valence-corrected chi connectivity index (χ3v) is 5.10. The molecule has 1 atom stereocenters. The molecule has 2 heterocycles. The number of morpholine rings is 1. The highest BCUT2D eigenvalue weighted by Crippen LogP contribution is 2.25. The van der Waals surface area contributed by atoms with Crippen LogP contribution in [0.5, 0.6) is 0 Å². The Bertz CT molecular complexity index is 1000. The van der Waals surface area contributed by atoms with Gasteiger partial charge in [-0.25, -0.2) is 13.5 Å². The van der Waals surface area contributed by atoms with Gasteiger partial charge in [-0.3, -0.25) is 4.79 Å². The lowest BCUT2D eigenvalue weighted by Gasteiger charge is -2.33. The molecule has 5 nitrogen and oxygen atoms in total. The van der Waals surface area contributed by atoms with Crippen molar-refractivity contribution in [2.24, 2.45) is 0 Å². The van der Waals surface area contributed by atoms with E-state index < -0.39 is 0 Å². The Balaban J connectivity index is 1.57. The van der Waals surface area contributed by atoms with Crippen LogP contribution in [0.1, 0.15) is 34.6 Å². The van der Waals surface area contributed by atoms with Crippen molar-refractivity contribution in [2.75, 3.05) is 19.7 Å². The Labute approximate surface area is 167 Å². The molecule has 1 fully saturated rings. The summed E-state index contributed by atoms with van der Waals surface area (Å²) in [4.78, 5) is 14.9. The van der Waals surface area contributed by atoms with E-state index in [1.807, 2.05) is 6.92 Å². The van der Waals surface area contributed by atoms with Crippen molar-refractivity contribution in [1.82, 2.24) is 14.7 Å². The lowest BCUT2D eigenvalue weighted by molar-refractivity contribution is -0.0228. The fourth-order valence-electron chi connectivity index (χ4n) is 3.58. The summed E-state index contributed by atoms with van der Waals surface area (Å²) in [5, 5.41) is 4.36.